The molecular formula is C19H29N3O3S. The molecule has 0 aliphatic carbocycles. The molecule has 0 spiro atoms. The first kappa shape index (κ1) is 20.6. The van der Waals surface area contributed by atoms with Crippen molar-refractivity contribution >= 4 is 15.9 Å². The molecule has 26 heavy (non-hydrogen) atoms. The number of likely N-dealkylation sites (N-methyl/N-ethyl adjacent to an activating group) is 1. The zero-order valence-corrected chi connectivity index (χ0v) is 16.8. The SMILES string of the molecule is C=C(C)CN(CC)C(=O)CN1CCN(S(=O)(=O)c2ccc(C)cc2)CC1. The monoisotopic (exact) mass is 379 g/mol. The Morgan fingerprint density at radius 3 is 2.23 bits per heavy atom. The Kier molecular flexibility index (Phi) is 6.97. The lowest BCUT2D eigenvalue weighted by Crippen LogP contribution is -2.51. The standard InChI is InChI=1S/C19H29N3O3S/c1-5-21(14-16(2)3)19(23)15-20-10-12-22(13-11-20)26(24,25)18-8-6-17(4)7-9-18/h6-9H,2,5,10-15H2,1,3-4H3. The maximum Gasteiger partial charge on any atom is 0.243 e. The molecule has 1 heterocycles. The average Bonchev–Trinajstić information content (AvgIpc) is 2.60. The topological polar surface area (TPSA) is 60.9 Å². The molecule has 1 saturated heterocycles. The lowest BCUT2D eigenvalue weighted by Gasteiger charge is -2.34. The minimum atomic E-state index is -3.47. The summed E-state index contributed by atoms with van der Waals surface area (Å²) in [6.07, 6.45) is 0. The Bertz CT molecular complexity index is 736. The fourth-order valence-electron chi connectivity index (χ4n) is 2.98. The van der Waals surface area contributed by atoms with Gasteiger partial charge in [-0.3, -0.25) is 9.69 Å². The van der Waals surface area contributed by atoms with Crippen LogP contribution in [0.4, 0.5) is 0 Å². The van der Waals surface area contributed by atoms with Crippen LogP contribution in [0, 0.1) is 6.92 Å². The van der Waals surface area contributed by atoms with Crippen LogP contribution in [0.15, 0.2) is 41.3 Å². The number of sulfonamides is 1. The Balaban J connectivity index is 1.93. The molecule has 0 atom stereocenters. The van der Waals surface area contributed by atoms with Crippen LogP contribution in [-0.4, -0.2) is 74.2 Å². The van der Waals surface area contributed by atoms with Crippen molar-refractivity contribution < 1.29 is 13.2 Å². The molecule has 0 saturated carbocycles. The van der Waals surface area contributed by atoms with E-state index in [0.29, 0.717) is 50.7 Å². The average molecular weight is 380 g/mol. The normalized spacial score (nSPS) is 16.4. The molecule has 0 radical (unpaired) electrons. The third kappa shape index (κ3) is 5.16. The highest BCUT2D eigenvalue weighted by molar-refractivity contribution is 7.89. The highest BCUT2D eigenvalue weighted by atomic mass is 32.2. The largest absolute Gasteiger partial charge is 0.338 e. The zero-order valence-electron chi connectivity index (χ0n) is 15.9. The van der Waals surface area contributed by atoms with Crippen molar-refractivity contribution in [1.82, 2.24) is 14.1 Å². The molecule has 1 amide bonds. The molecule has 144 valence electrons. The van der Waals surface area contributed by atoms with Crippen molar-refractivity contribution in [2.24, 2.45) is 0 Å². The maximum absolute atomic E-state index is 12.7. The number of carbonyl (C=O) groups is 1. The molecule has 1 aliphatic rings. The zero-order chi connectivity index (χ0) is 19.3. The number of rotatable bonds is 7. The second-order valence-electron chi connectivity index (χ2n) is 6.86. The summed E-state index contributed by atoms with van der Waals surface area (Å²) in [4.78, 5) is 16.5. The molecule has 0 bridgehead atoms. The number of benzene rings is 1. The van der Waals surface area contributed by atoms with Gasteiger partial charge in [0.15, 0.2) is 0 Å². The summed E-state index contributed by atoms with van der Waals surface area (Å²) in [5.74, 6) is 0.0605. The van der Waals surface area contributed by atoms with Gasteiger partial charge in [-0.05, 0) is 32.9 Å². The highest BCUT2D eigenvalue weighted by Gasteiger charge is 2.29. The van der Waals surface area contributed by atoms with Crippen molar-refractivity contribution in [3.05, 3.63) is 42.0 Å². The van der Waals surface area contributed by atoms with Gasteiger partial charge in [-0.15, -0.1) is 0 Å². The number of nitrogens with zero attached hydrogens (tertiary/aromatic N) is 3. The van der Waals surface area contributed by atoms with Crippen LogP contribution >= 0.6 is 0 Å². The summed E-state index contributed by atoms with van der Waals surface area (Å²) in [5.41, 5.74) is 1.98. The maximum atomic E-state index is 12.7. The van der Waals surface area contributed by atoms with Crippen LogP contribution in [0.3, 0.4) is 0 Å². The number of piperazine rings is 1. The van der Waals surface area contributed by atoms with Crippen LogP contribution in [0.25, 0.3) is 0 Å². The first-order valence-corrected chi connectivity index (χ1v) is 10.4. The Morgan fingerprint density at radius 2 is 1.73 bits per heavy atom. The van der Waals surface area contributed by atoms with E-state index < -0.39 is 10.0 Å². The lowest BCUT2D eigenvalue weighted by molar-refractivity contribution is -0.132. The quantitative estimate of drug-likeness (QED) is 0.677. The molecular weight excluding hydrogens is 350 g/mol. The number of hydrogen-bond acceptors (Lipinski definition) is 4. The van der Waals surface area contributed by atoms with Crippen molar-refractivity contribution in [2.45, 2.75) is 25.7 Å². The molecule has 1 fully saturated rings. The lowest BCUT2D eigenvalue weighted by atomic mass is 10.2. The van der Waals surface area contributed by atoms with E-state index in [1.165, 1.54) is 4.31 Å². The predicted octanol–water partition coefficient (Wildman–Crippen LogP) is 1.73. The summed E-state index contributed by atoms with van der Waals surface area (Å²) in [6, 6.07) is 6.92. The van der Waals surface area contributed by atoms with E-state index in [1.54, 1.807) is 17.0 Å². The van der Waals surface area contributed by atoms with Crippen LogP contribution in [0.2, 0.25) is 0 Å². The second kappa shape index (κ2) is 8.79. The molecule has 2 rings (SSSR count). The molecule has 0 aromatic heterocycles. The van der Waals surface area contributed by atoms with Gasteiger partial charge in [-0.1, -0.05) is 29.8 Å². The van der Waals surface area contributed by atoms with Gasteiger partial charge in [0.2, 0.25) is 15.9 Å². The fraction of sp³-hybridized carbons (Fsp3) is 0.526. The molecule has 7 heteroatoms. The Labute approximate surface area is 157 Å². The smallest absolute Gasteiger partial charge is 0.243 e. The summed E-state index contributed by atoms with van der Waals surface area (Å²) in [7, 11) is -3.47. The van der Waals surface area contributed by atoms with Crippen molar-refractivity contribution in [2.75, 3.05) is 45.8 Å². The molecule has 0 unspecified atom stereocenters. The van der Waals surface area contributed by atoms with Gasteiger partial charge >= 0.3 is 0 Å². The van der Waals surface area contributed by atoms with Crippen molar-refractivity contribution in [3.63, 3.8) is 0 Å². The van der Waals surface area contributed by atoms with E-state index in [-0.39, 0.29) is 5.91 Å². The van der Waals surface area contributed by atoms with E-state index in [0.717, 1.165) is 11.1 Å². The van der Waals surface area contributed by atoms with Crippen molar-refractivity contribution in [1.29, 1.82) is 0 Å². The van der Waals surface area contributed by atoms with Crippen LogP contribution < -0.4 is 0 Å². The Morgan fingerprint density at radius 1 is 1.15 bits per heavy atom. The summed E-state index contributed by atoms with van der Waals surface area (Å²) >= 11 is 0. The summed E-state index contributed by atoms with van der Waals surface area (Å²) in [5, 5.41) is 0. The fourth-order valence-corrected chi connectivity index (χ4v) is 4.40. The molecule has 0 N–H and O–H groups in total. The first-order chi connectivity index (χ1) is 12.2. The Hall–Kier alpha value is -1.70. The van der Waals surface area contributed by atoms with Crippen LogP contribution in [0.5, 0.6) is 0 Å². The third-order valence-electron chi connectivity index (χ3n) is 4.54. The number of carbonyl (C=O) groups excluding carboxylic acids is 1. The van der Waals surface area contributed by atoms with Gasteiger partial charge < -0.3 is 4.90 Å². The van der Waals surface area contributed by atoms with Crippen LogP contribution in [-0.2, 0) is 14.8 Å². The second-order valence-corrected chi connectivity index (χ2v) is 8.80. The minimum absolute atomic E-state index is 0.0605. The summed E-state index contributed by atoms with van der Waals surface area (Å²) < 4.78 is 27.0. The summed E-state index contributed by atoms with van der Waals surface area (Å²) in [6.45, 7) is 13.1. The van der Waals surface area contributed by atoms with E-state index in [9.17, 15) is 13.2 Å². The minimum Gasteiger partial charge on any atom is -0.338 e. The van der Waals surface area contributed by atoms with Gasteiger partial charge in [-0.25, -0.2) is 8.42 Å². The molecule has 6 nitrogen and oxygen atoms in total. The van der Waals surface area contributed by atoms with Crippen LogP contribution in [0.1, 0.15) is 19.4 Å². The van der Waals surface area contributed by atoms with E-state index in [2.05, 4.69) is 6.58 Å². The first-order valence-electron chi connectivity index (χ1n) is 8.95. The van der Waals surface area contributed by atoms with E-state index >= 15 is 0 Å². The highest BCUT2D eigenvalue weighted by Crippen LogP contribution is 2.18. The van der Waals surface area contributed by atoms with Gasteiger partial charge in [0.25, 0.3) is 0 Å². The number of hydrogen-bond donors (Lipinski definition) is 0. The number of aryl methyl sites for hydroxylation is 1. The predicted molar refractivity (Wildman–Crippen MR) is 103 cm³/mol. The number of amides is 1. The van der Waals surface area contributed by atoms with Gasteiger partial charge in [0.1, 0.15) is 0 Å². The molecule has 1 aromatic rings. The third-order valence-corrected chi connectivity index (χ3v) is 6.46. The molecule has 1 aliphatic heterocycles. The van der Waals surface area contributed by atoms with E-state index in [4.69, 9.17) is 0 Å². The van der Waals surface area contributed by atoms with Gasteiger partial charge in [0, 0.05) is 39.3 Å². The van der Waals surface area contributed by atoms with Gasteiger partial charge in [0.05, 0.1) is 11.4 Å². The van der Waals surface area contributed by atoms with Gasteiger partial charge in [-0.2, -0.15) is 4.31 Å². The van der Waals surface area contributed by atoms with E-state index in [1.807, 2.05) is 37.8 Å². The van der Waals surface area contributed by atoms with Crippen molar-refractivity contribution in [3.8, 4) is 0 Å². The molecule has 1 aromatic carbocycles.